The first-order valence-electron chi connectivity index (χ1n) is 2.92. The number of rotatable bonds is 4. The quantitative estimate of drug-likeness (QED) is 0.361. The molecule has 0 rings (SSSR count). The van der Waals surface area contributed by atoms with E-state index < -0.39 is 22.5 Å². The van der Waals surface area contributed by atoms with Crippen LogP contribution in [0.15, 0.2) is 0 Å². The largest absolute Gasteiger partial charge is 0.289 e. The van der Waals surface area contributed by atoms with Gasteiger partial charge in [-0.25, -0.2) is 18.6 Å². The maximum Gasteiger partial charge on any atom is 0.258 e. The predicted molar refractivity (Wildman–Crippen MR) is 37.4 cm³/mol. The van der Waals surface area contributed by atoms with Crippen LogP contribution in [0.2, 0.25) is 0 Å². The number of hydrogen-bond acceptors (Lipinski definition) is 4. The Hall–Kier alpha value is -0.660. The van der Waals surface area contributed by atoms with E-state index in [4.69, 9.17) is 5.21 Å². The van der Waals surface area contributed by atoms with Crippen LogP contribution in [0.25, 0.3) is 0 Å². The normalized spacial score (nSPS) is 11.1. The van der Waals surface area contributed by atoms with Crippen LogP contribution in [0.1, 0.15) is 6.92 Å². The molecule has 0 heterocycles. The molecule has 0 aromatic heterocycles. The molecule has 0 bridgehead atoms. The number of sulfonamides is 1. The zero-order valence-electron chi connectivity index (χ0n) is 5.99. The van der Waals surface area contributed by atoms with E-state index in [0.717, 1.165) is 0 Å². The Kier molecular flexibility index (Phi) is 4.01. The third-order valence-corrected chi connectivity index (χ3v) is 2.30. The molecule has 11 heavy (non-hydrogen) atoms. The van der Waals surface area contributed by atoms with Gasteiger partial charge in [0.25, 0.3) is 5.91 Å². The molecule has 0 saturated carbocycles. The molecule has 0 radical (unpaired) electrons. The predicted octanol–water partition coefficient (Wildman–Crippen LogP) is -1.57. The topological polar surface area (TPSA) is 95.5 Å². The van der Waals surface area contributed by atoms with Crippen LogP contribution in [0.4, 0.5) is 0 Å². The molecule has 0 aliphatic heterocycles. The van der Waals surface area contributed by atoms with Crippen LogP contribution in [0.5, 0.6) is 0 Å². The van der Waals surface area contributed by atoms with Crippen molar-refractivity contribution in [3.63, 3.8) is 0 Å². The van der Waals surface area contributed by atoms with E-state index in [1.807, 2.05) is 4.72 Å². The summed E-state index contributed by atoms with van der Waals surface area (Å²) in [6.45, 7) is 1.01. The lowest BCUT2D eigenvalue weighted by molar-refractivity contribution is -0.127. The van der Waals surface area contributed by atoms with Crippen molar-refractivity contribution in [2.24, 2.45) is 0 Å². The Morgan fingerprint density at radius 2 is 2.09 bits per heavy atom. The molecule has 0 atom stereocenters. The Balaban J connectivity index is 3.80. The van der Waals surface area contributed by atoms with Crippen molar-refractivity contribution < 1.29 is 18.4 Å². The molecule has 7 heteroatoms. The first kappa shape index (κ1) is 10.3. The van der Waals surface area contributed by atoms with E-state index in [1.165, 1.54) is 12.4 Å². The molecule has 6 nitrogen and oxygen atoms in total. The van der Waals surface area contributed by atoms with Crippen molar-refractivity contribution in [3.05, 3.63) is 0 Å². The molecule has 66 valence electrons. The number of amides is 1. The summed E-state index contributed by atoms with van der Waals surface area (Å²) < 4.78 is 23.3. The van der Waals surface area contributed by atoms with Crippen molar-refractivity contribution in [1.82, 2.24) is 10.2 Å². The number of carbonyl (C=O) groups is 1. The van der Waals surface area contributed by atoms with E-state index >= 15 is 0 Å². The minimum absolute atomic E-state index is 0.0916. The molecule has 0 saturated heterocycles. The van der Waals surface area contributed by atoms with Crippen LogP contribution >= 0.6 is 0 Å². The van der Waals surface area contributed by atoms with Crippen molar-refractivity contribution in [1.29, 1.82) is 0 Å². The summed E-state index contributed by atoms with van der Waals surface area (Å²) in [5.74, 6) is -0.881. The molecule has 0 aliphatic carbocycles. The smallest absolute Gasteiger partial charge is 0.258 e. The van der Waals surface area contributed by atoms with Gasteiger partial charge in [-0.2, -0.15) is 0 Å². The average molecular weight is 182 g/mol. The fourth-order valence-corrected chi connectivity index (χ4v) is 0.872. The highest BCUT2D eigenvalue weighted by atomic mass is 32.2. The molecule has 1 amide bonds. The minimum atomic E-state index is -3.35. The molecule has 0 unspecified atom stereocenters. The highest BCUT2D eigenvalue weighted by molar-refractivity contribution is 7.89. The molecule has 3 N–H and O–H groups in total. The van der Waals surface area contributed by atoms with Gasteiger partial charge in [-0.15, -0.1) is 0 Å². The third kappa shape index (κ3) is 4.71. The van der Waals surface area contributed by atoms with Gasteiger partial charge in [0.05, 0.1) is 12.3 Å². The fraction of sp³-hybridized carbons (Fsp3) is 0.750. The summed E-state index contributed by atoms with van der Waals surface area (Å²) in [4.78, 5) is 10.3. The molecular weight excluding hydrogens is 172 g/mol. The van der Waals surface area contributed by atoms with Crippen molar-refractivity contribution in [2.75, 3.05) is 12.3 Å². The van der Waals surface area contributed by atoms with Crippen LogP contribution in [-0.4, -0.2) is 31.8 Å². The van der Waals surface area contributed by atoms with E-state index in [1.54, 1.807) is 0 Å². The van der Waals surface area contributed by atoms with Crippen LogP contribution in [-0.2, 0) is 14.8 Å². The van der Waals surface area contributed by atoms with Gasteiger partial charge in [-0.05, 0) is 6.92 Å². The highest BCUT2D eigenvalue weighted by Gasteiger charge is 2.07. The summed E-state index contributed by atoms with van der Waals surface area (Å²) in [6, 6.07) is 0. The van der Waals surface area contributed by atoms with Crippen LogP contribution in [0.3, 0.4) is 0 Å². The number of carbonyl (C=O) groups excluding carboxylic acids is 1. The second-order valence-electron chi connectivity index (χ2n) is 1.76. The molecule has 0 aliphatic rings. The maximum atomic E-state index is 10.6. The Morgan fingerprint density at radius 3 is 2.45 bits per heavy atom. The second-order valence-corrected chi connectivity index (χ2v) is 3.86. The van der Waals surface area contributed by atoms with Gasteiger partial charge >= 0.3 is 0 Å². The summed E-state index contributed by atoms with van der Waals surface area (Å²) in [6.07, 6.45) is 0. The number of nitrogens with one attached hydrogen (secondary N) is 2. The lowest BCUT2D eigenvalue weighted by Crippen LogP contribution is -2.36. The van der Waals surface area contributed by atoms with Gasteiger partial charge < -0.3 is 0 Å². The summed E-state index contributed by atoms with van der Waals surface area (Å²) in [5.41, 5.74) is 1.30. The summed E-state index contributed by atoms with van der Waals surface area (Å²) >= 11 is 0. The fourth-order valence-electron chi connectivity index (χ4n) is 0.317. The van der Waals surface area contributed by atoms with Crippen LogP contribution < -0.4 is 10.2 Å². The average Bonchev–Trinajstić information content (AvgIpc) is 2.00. The third-order valence-electron chi connectivity index (χ3n) is 0.957. The number of hydrogen-bond donors (Lipinski definition) is 3. The Bertz CT molecular complexity index is 222. The number of hydroxylamine groups is 1. The maximum absolute atomic E-state index is 10.6. The molecule has 0 aromatic rings. The van der Waals surface area contributed by atoms with Gasteiger partial charge in [0.2, 0.25) is 10.0 Å². The van der Waals surface area contributed by atoms with Crippen molar-refractivity contribution in [2.45, 2.75) is 6.92 Å². The second kappa shape index (κ2) is 4.27. The van der Waals surface area contributed by atoms with Gasteiger partial charge in [0, 0.05) is 0 Å². The van der Waals surface area contributed by atoms with E-state index in [-0.39, 0.29) is 5.75 Å². The van der Waals surface area contributed by atoms with Gasteiger partial charge in [-0.1, -0.05) is 0 Å². The SMILES string of the molecule is CCS(=O)(=O)NCC(=O)NO. The Morgan fingerprint density at radius 1 is 1.55 bits per heavy atom. The van der Waals surface area contributed by atoms with Crippen molar-refractivity contribution >= 4 is 15.9 Å². The van der Waals surface area contributed by atoms with Gasteiger partial charge in [-0.3, -0.25) is 10.0 Å². The zero-order valence-corrected chi connectivity index (χ0v) is 6.81. The van der Waals surface area contributed by atoms with E-state index in [9.17, 15) is 13.2 Å². The highest BCUT2D eigenvalue weighted by Crippen LogP contribution is 1.79. The monoisotopic (exact) mass is 182 g/mol. The zero-order chi connectivity index (χ0) is 8.91. The molecule has 0 spiro atoms. The van der Waals surface area contributed by atoms with Crippen molar-refractivity contribution in [3.8, 4) is 0 Å². The van der Waals surface area contributed by atoms with E-state index in [2.05, 4.69) is 0 Å². The summed E-state index contributed by atoms with van der Waals surface area (Å²) in [5, 5.41) is 7.97. The van der Waals surface area contributed by atoms with Crippen LogP contribution in [0, 0.1) is 0 Å². The lowest BCUT2D eigenvalue weighted by Gasteiger charge is -2.01. The molecular formula is C4H10N2O4S. The lowest BCUT2D eigenvalue weighted by atomic mass is 10.7. The first-order chi connectivity index (χ1) is 5.02. The van der Waals surface area contributed by atoms with E-state index in [0.29, 0.717) is 0 Å². The molecule has 0 fully saturated rings. The summed E-state index contributed by atoms with van der Waals surface area (Å²) in [7, 11) is -3.35. The Labute approximate surface area is 64.6 Å². The minimum Gasteiger partial charge on any atom is -0.289 e. The van der Waals surface area contributed by atoms with Gasteiger partial charge in [0.15, 0.2) is 0 Å². The first-order valence-corrected chi connectivity index (χ1v) is 4.57. The van der Waals surface area contributed by atoms with Gasteiger partial charge in [0.1, 0.15) is 0 Å². The molecule has 0 aromatic carbocycles. The standard InChI is InChI=1S/C4H10N2O4S/c1-2-11(9,10)5-3-4(7)6-8/h5,8H,2-3H2,1H3,(H,6,7).